The quantitative estimate of drug-likeness (QED) is 0.681. The SMILES string of the molecule is CCN(CC)CCn1c(NC(=O)Cc2ccon2)nc2ccccc21. The highest BCUT2D eigenvalue weighted by Crippen LogP contribution is 2.20. The smallest absolute Gasteiger partial charge is 0.232 e. The van der Waals surface area contributed by atoms with Crippen LogP contribution in [0.2, 0.25) is 0 Å². The van der Waals surface area contributed by atoms with Gasteiger partial charge in [0.25, 0.3) is 0 Å². The highest BCUT2D eigenvalue weighted by Gasteiger charge is 2.14. The molecular formula is C18H23N5O2. The summed E-state index contributed by atoms with van der Waals surface area (Å²) < 4.78 is 6.83. The molecule has 0 spiro atoms. The Morgan fingerprint density at radius 1 is 1.24 bits per heavy atom. The van der Waals surface area contributed by atoms with E-state index in [9.17, 15) is 4.79 Å². The molecule has 0 aliphatic rings. The van der Waals surface area contributed by atoms with E-state index in [1.807, 2.05) is 24.3 Å². The molecular weight excluding hydrogens is 318 g/mol. The Morgan fingerprint density at radius 3 is 2.76 bits per heavy atom. The molecule has 0 aliphatic carbocycles. The van der Waals surface area contributed by atoms with Gasteiger partial charge in [0.05, 0.1) is 23.1 Å². The van der Waals surface area contributed by atoms with Crippen LogP contribution in [0.4, 0.5) is 5.95 Å². The summed E-state index contributed by atoms with van der Waals surface area (Å²) in [7, 11) is 0. The van der Waals surface area contributed by atoms with Gasteiger partial charge in [0.15, 0.2) is 0 Å². The van der Waals surface area contributed by atoms with Crippen molar-refractivity contribution in [3.63, 3.8) is 0 Å². The maximum Gasteiger partial charge on any atom is 0.232 e. The molecule has 0 unspecified atom stereocenters. The second-order valence-electron chi connectivity index (χ2n) is 5.82. The molecule has 0 saturated carbocycles. The summed E-state index contributed by atoms with van der Waals surface area (Å²) in [6, 6.07) is 9.60. The van der Waals surface area contributed by atoms with Crippen molar-refractivity contribution in [2.45, 2.75) is 26.8 Å². The van der Waals surface area contributed by atoms with Crippen molar-refractivity contribution in [3.8, 4) is 0 Å². The van der Waals surface area contributed by atoms with Gasteiger partial charge in [-0.05, 0) is 25.2 Å². The number of hydrogen-bond donors (Lipinski definition) is 1. The van der Waals surface area contributed by atoms with Crippen LogP contribution in [-0.4, -0.2) is 45.1 Å². The number of imidazole rings is 1. The number of likely N-dealkylation sites (N-methyl/N-ethyl adjacent to an activating group) is 1. The van der Waals surface area contributed by atoms with E-state index in [1.165, 1.54) is 6.26 Å². The third-order valence-corrected chi connectivity index (χ3v) is 4.27. The van der Waals surface area contributed by atoms with Crippen LogP contribution >= 0.6 is 0 Å². The van der Waals surface area contributed by atoms with Crippen molar-refractivity contribution in [1.29, 1.82) is 0 Å². The predicted octanol–water partition coefficient (Wildman–Crippen LogP) is 2.55. The Balaban J connectivity index is 1.80. The van der Waals surface area contributed by atoms with E-state index in [-0.39, 0.29) is 12.3 Å². The Bertz CT molecular complexity index is 821. The molecule has 7 heteroatoms. The molecule has 3 aromatic rings. The van der Waals surface area contributed by atoms with Crippen LogP contribution in [0.5, 0.6) is 0 Å². The summed E-state index contributed by atoms with van der Waals surface area (Å²) >= 11 is 0. The molecule has 0 radical (unpaired) electrons. The van der Waals surface area contributed by atoms with Gasteiger partial charge >= 0.3 is 0 Å². The number of benzene rings is 1. The Morgan fingerprint density at radius 2 is 2.04 bits per heavy atom. The molecule has 2 heterocycles. The number of anilines is 1. The van der Waals surface area contributed by atoms with Crippen LogP contribution < -0.4 is 5.32 Å². The number of amides is 1. The molecule has 1 aromatic carbocycles. The largest absolute Gasteiger partial charge is 0.364 e. The normalized spacial score (nSPS) is 11.3. The van der Waals surface area contributed by atoms with Gasteiger partial charge in [-0.15, -0.1) is 0 Å². The first-order valence-electron chi connectivity index (χ1n) is 8.58. The van der Waals surface area contributed by atoms with Gasteiger partial charge in [-0.25, -0.2) is 4.98 Å². The van der Waals surface area contributed by atoms with Crippen molar-refractivity contribution in [3.05, 3.63) is 42.3 Å². The maximum atomic E-state index is 12.3. The van der Waals surface area contributed by atoms with Gasteiger partial charge in [-0.1, -0.05) is 31.1 Å². The number of para-hydroxylation sites is 2. The van der Waals surface area contributed by atoms with Gasteiger partial charge in [-0.2, -0.15) is 0 Å². The fraction of sp³-hybridized carbons (Fsp3) is 0.389. The second-order valence-corrected chi connectivity index (χ2v) is 5.82. The van der Waals surface area contributed by atoms with E-state index in [4.69, 9.17) is 4.52 Å². The van der Waals surface area contributed by atoms with Crippen LogP contribution in [0, 0.1) is 0 Å². The van der Waals surface area contributed by atoms with Crippen molar-refractivity contribution >= 4 is 22.9 Å². The van der Waals surface area contributed by atoms with E-state index in [0.29, 0.717) is 11.6 Å². The van der Waals surface area contributed by atoms with Crippen LogP contribution in [0.3, 0.4) is 0 Å². The molecule has 25 heavy (non-hydrogen) atoms. The lowest BCUT2D eigenvalue weighted by Crippen LogP contribution is -2.28. The van der Waals surface area contributed by atoms with E-state index in [1.54, 1.807) is 6.07 Å². The zero-order valence-corrected chi connectivity index (χ0v) is 14.6. The third-order valence-electron chi connectivity index (χ3n) is 4.27. The minimum absolute atomic E-state index is 0.159. The molecule has 2 aromatic heterocycles. The molecule has 1 N–H and O–H groups in total. The number of hydrogen-bond acceptors (Lipinski definition) is 5. The van der Waals surface area contributed by atoms with Crippen molar-refractivity contribution in [2.24, 2.45) is 0 Å². The molecule has 0 saturated heterocycles. The van der Waals surface area contributed by atoms with Crippen LogP contribution in [0.1, 0.15) is 19.5 Å². The summed E-state index contributed by atoms with van der Waals surface area (Å²) in [5.74, 6) is 0.412. The summed E-state index contributed by atoms with van der Waals surface area (Å²) in [5, 5.41) is 6.69. The van der Waals surface area contributed by atoms with Gasteiger partial charge in [0.1, 0.15) is 6.26 Å². The minimum atomic E-state index is -0.159. The lowest BCUT2D eigenvalue weighted by molar-refractivity contribution is -0.115. The Kier molecular flexibility index (Phi) is 5.45. The number of aromatic nitrogens is 3. The second kappa shape index (κ2) is 7.94. The van der Waals surface area contributed by atoms with E-state index < -0.39 is 0 Å². The van der Waals surface area contributed by atoms with E-state index in [2.05, 4.69) is 38.8 Å². The number of nitrogens with zero attached hydrogens (tertiary/aromatic N) is 4. The number of carbonyl (C=O) groups is 1. The molecule has 3 rings (SSSR count). The van der Waals surface area contributed by atoms with Crippen LogP contribution in [0.15, 0.2) is 41.1 Å². The Hall–Kier alpha value is -2.67. The number of fused-ring (bicyclic) bond motifs is 1. The lowest BCUT2D eigenvalue weighted by atomic mass is 10.3. The first kappa shape index (κ1) is 17.2. The van der Waals surface area contributed by atoms with Crippen molar-refractivity contribution in [1.82, 2.24) is 19.6 Å². The average Bonchev–Trinajstić information content (AvgIpc) is 3.23. The summed E-state index contributed by atoms with van der Waals surface area (Å²) in [6.07, 6.45) is 1.62. The van der Waals surface area contributed by atoms with Gasteiger partial charge in [0.2, 0.25) is 11.9 Å². The maximum absolute atomic E-state index is 12.3. The first-order chi connectivity index (χ1) is 12.2. The van der Waals surface area contributed by atoms with Gasteiger partial charge < -0.3 is 14.0 Å². The molecule has 1 amide bonds. The standard InChI is InChI=1S/C18H23N5O2/c1-3-22(4-2)10-11-23-16-8-6-5-7-15(16)19-18(23)20-17(24)13-14-9-12-25-21-14/h5-9,12H,3-4,10-11,13H2,1-2H3,(H,19,20,24). The van der Waals surface area contributed by atoms with Crippen LogP contribution in [0.25, 0.3) is 11.0 Å². The fourth-order valence-electron chi connectivity index (χ4n) is 2.84. The lowest BCUT2D eigenvalue weighted by Gasteiger charge is -2.19. The zero-order chi connectivity index (χ0) is 17.6. The van der Waals surface area contributed by atoms with Crippen molar-refractivity contribution < 1.29 is 9.32 Å². The molecule has 7 nitrogen and oxygen atoms in total. The third kappa shape index (κ3) is 4.06. The predicted molar refractivity (Wildman–Crippen MR) is 96.4 cm³/mol. The number of carbonyl (C=O) groups excluding carboxylic acids is 1. The van der Waals surface area contributed by atoms with Crippen molar-refractivity contribution in [2.75, 3.05) is 25.0 Å². The molecule has 0 bridgehead atoms. The summed E-state index contributed by atoms with van der Waals surface area (Å²) in [4.78, 5) is 19.2. The van der Waals surface area contributed by atoms with Gasteiger partial charge in [-0.3, -0.25) is 10.1 Å². The summed E-state index contributed by atoms with van der Waals surface area (Å²) in [5.41, 5.74) is 2.49. The molecule has 132 valence electrons. The highest BCUT2D eigenvalue weighted by atomic mass is 16.5. The molecule has 0 aliphatic heterocycles. The topological polar surface area (TPSA) is 76.2 Å². The monoisotopic (exact) mass is 341 g/mol. The highest BCUT2D eigenvalue weighted by molar-refractivity contribution is 5.92. The summed E-state index contributed by atoms with van der Waals surface area (Å²) in [6.45, 7) is 7.96. The van der Waals surface area contributed by atoms with E-state index >= 15 is 0 Å². The first-order valence-corrected chi connectivity index (χ1v) is 8.58. The number of nitrogens with one attached hydrogen (secondary N) is 1. The molecule has 0 atom stereocenters. The minimum Gasteiger partial charge on any atom is -0.364 e. The number of rotatable bonds is 8. The van der Waals surface area contributed by atoms with E-state index in [0.717, 1.165) is 37.2 Å². The zero-order valence-electron chi connectivity index (χ0n) is 14.6. The Labute approximate surface area is 146 Å². The van der Waals surface area contributed by atoms with Crippen LogP contribution in [-0.2, 0) is 17.8 Å². The average molecular weight is 341 g/mol. The molecule has 0 fully saturated rings. The van der Waals surface area contributed by atoms with Gasteiger partial charge in [0, 0.05) is 19.2 Å². The fourth-order valence-corrected chi connectivity index (χ4v) is 2.84.